The summed E-state index contributed by atoms with van der Waals surface area (Å²) in [5.74, 6) is -0.164. The fourth-order valence-electron chi connectivity index (χ4n) is 3.71. The molecule has 1 N–H and O–H groups in total. The monoisotopic (exact) mass is 402 g/mol. The summed E-state index contributed by atoms with van der Waals surface area (Å²) in [6, 6.07) is 10.5. The van der Waals surface area contributed by atoms with E-state index in [-0.39, 0.29) is 17.6 Å². The molecule has 1 aromatic heterocycles. The fourth-order valence-corrected chi connectivity index (χ4v) is 4.35. The van der Waals surface area contributed by atoms with Crippen LogP contribution in [0.4, 0.5) is 4.39 Å². The molecule has 150 valence electrons. The van der Waals surface area contributed by atoms with Crippen LogP contribution in [0.25, 0.3) is 0 Å². The third-order valence-corrected chi connectivity index (χ3v) is 6.11. The van der Waals surface area contributed by atoms with E-state index in [0.717, 1.165) is 24.8 Å². The maximum Gasteiger partial charge on any atom is 0.261 e. The number of hydrogen-bond acceptors (Lipinski definition) is 3. The van der Waals surface area contributed by atoms with Crippen LogP contribution in [0.2, 0.25) is 0 Å². The van der Waals surface area contributed by atoms with Crippen molar-refractivity contribution in [1.82, 2.24) is 10.2 Å². The Kier molecular flexibility index (Phi) is 7.60. The molecule has 0 saturated heterocycles. The van der Waals surface area contributed by atoms with Gasteiger partial charge in [0.15, 0.2) is 0 Å². The molecule has 0 unspecified atom stereocenters. The largest absolute Gasteiger partial charge is 0.351 e. The van der Waals surface area contributed by atoms with E-state index in [1.807, 2.05) is 16.3 Å². The lowest BCUT2D eigenvalue weighted by Crippen LogP contribution is -2.40. The van der Waals surface area contributed by atoms with Crippen LogP contribution in [0.5, 0.6) is 0 Å². The third kappa shape index (κ3) is 5.89. The summed E-state index contributed by atoms with van der Waals surface area (Å²) in [5.41, 5.74) is 1.04. The van der Waals surface area contributed by atoms with Crippen molar-refractivity contribution in [2.24, 2.45) is 0 Å². The number of rotatable bonds is 9. The second kappa shape index (κ2) is 10.4. The van der Waals surface area contributed by atoms with Crippen LogP contribution in [0, 0.1) is 5.82 Å². The van der Waals surface area contributed by atoms with Crippen LogP contribution < -0.4 is 5.32 Å². The Hall–Kier alpha value is -2.21. The maximum absolute atomic E-state index is 13.1. The number of amides is 2. The Labute approximate surface area is 169 Å². The van der Waals surface area contributed by atoms with Crippen molar-refractivity contribution in [1.29, 1.82) is 0 Å². The number of carbonyl (C=O) groups excluding carboxylic acids is 2. The molecule has 0 bridgehead atoms. The molecule has 1 aliphatic rings. The molecule has 4 nitrogen and oxygen atoms in total. The first kappa shape index (κ1) is 20.5. The van der Waals surface area contributed by atoms with E-state index >= 15 is 0 Å². The highest BCUT2D eigenvalue weighted by Gasteiger charge is 2.26. The van der Waals surface area contributed by atoms with E-state index in [2.05, 4.69) is 5.32 Å². The molecular weight excluding hydrogens is 375 g/mol. The molecule has 1 heterocycles. The van der Waals surface area contributed by atoms with Gasteiger partial charge in [-0.25, -0.2) is 4.39 Å². The molecule has 0 atom stereocenters. The number of nitrogens with one attached hydrogen (secondary N) is 1. The van der Waals surface area contributed by atoms with Gasteiger partial charge in [0, 0.05) is 25.6 Å². The highest BCUT2D eigenvalue weighted by atomic mass is 32.1. The average molecular weight is 403 g/mol. The molecule has 2 aromatic rings. The van der Waals surface area contributed by atoms with Gasteiger partial charge in [-0.15, -0.1) is 11.3 Å². The zero-order valence-corrected chi connectivity index (χ0v) is 16.8. The quantitative estimate of drug-likeness (QED) is 0.632. The molecule has 0 spiro atoms. The Balaban J connectivity index is 1.47. The van der Waals surface area contributed by atoms with Gasteiger partial charge in [-0.3, -0.25) is 9.59 Å². The highest BCUT2D eigenvalue weighted by Crippen LogP contribution is 2.24. The Morgan fingerprint density at radius 3 is 2.57 bits per heavy atom. The summed E-state index contributed by atoms with van der Waals surface area (Å²) >= 11 is 1.41. The van der Waals surface area contributed by atoms with Gasteiger partial charge in [0.25, 0.3) is 5.91 Å². The molecule has 6 heteroatoms. The smallest absolute Gasteiger partial charge is 0.261 e. The van der Waals surface area contributed by atoms with Crippen molar-refractivity contribution >= 4 is 23.2 Å². The summed E-state index contributed by atoms with van der Waals surface area (Å²) in [6.45, 7) is 1.16. The van der Waals surface area contributed by atoms with Gasteiger partial charge in [-0.1, -0.05) is 31.0 Å². The van der Waals surface area contributed by atoms with Gasteiger partial charge >= 0.3 is 0 Å². The lowest BCUT2D eigenvalue weighted by atomic mass is 10.1. The maximum atomic E-state index is 13.1. The predicted molar refractivity (Wildman–Crippen MR) is 110 cm³/mol. The van der Waals surface area contributed by atoms with Gasteiger partial charge < -0.3 is 10.2 Å². The molecule has 2 amide bonds. The van der Waals surface area contributed by atoms with Crippen LogP contribution in [0.1, 0.15) is 53.8 Å². The molecule has 1 aliphatic carbocycles. The molecule has 3 rings (SSSR count). The Morgan fingerprint density at radius 2 is 1.89 bits per heavy atom. The van der Waals surface area contributed by atoms with Gasteiger partial charge in [-0.2, -0.15) is 0 Å². The van der Waals surface area contributed by atoms with Gasteiger partial charge in [0.05, 0.1) is 4.88 Å². The summed E-state index contributed by atoms with van der Waals surface area (Å²) in [5, 5.41) is 4.75. The minimum absolute atomic E-state index is 0.0774. The van der Waals surface area contributed by atoms with Crippen LogP contribution in [-0.2, 0) is 11.2 Å². The second-order valence-electron chi connectivity index (χ2n) is 7.24. The molecule has 28 heavy (non-hydrogen) atoms. The zero-order valence-electron chi connectivity index (χ0n) is 16.0. The summed E-state index contributed by atoms with van der Waals surface area (Å²) in [4.78, 5) is 27.5. The van der Waals surface area contributed by atoms with Crippen molar-refractivity contribution in [3.05, 3.63) is 58.0 Å². The minimum Gasteiger partial charge on any atom is -0.351 e. The number of benzene rings is 1. The number of thiophene rings is 1. The molecule has 1 aromatic carbocycles. The Morgan fingerprint density at radius 1 is 1.14 bits per heavy atom. The predicted octanol–water partition coefficient (Wildman–Crippen LogP) is 4.41. The van der Waals surface area contributed by atoms with Crippen molar-refractivity contribution in [2.75, 3.05) is 13.1 Å². The van der Waals surface area contributed by atoms with E-state index < -0.39 is 0 Å². The standard InChI is InChI=1S/C22H27FN2O2S/c23-18-11-9-17(10-12-18)13-15-25(19-5-1-2-6-19)21(26)8-3-14-24-22(27)20-7-4-16-28-20/h4,7,9-12,16,19H,1-3,5-6,8,13-15H2,(H,24,27). The number of carbonyl (C=O) groups is 2. The van der Waals surface area contributed by atoms with Crippen LogP contribution in [0.15, 0.2) is 41.8 Å². The van der Waals surface area contributed by atoms with Crippen LogP contribution in [-0.4, -0.2) is 35.8 Å². The van der Waals surface area contributed by atoms with Crippen molar-refractivity contribution in [3.63, 3.8) is 0 Å². The minimum atomic E-state index is -0.239. The molecule has 1 saturated carbocycles. The van der Waals surface area contributed by atoms with E-state index in [1.165, 1.54) is 36.3 Å². The van der Waals surface area contributed by atoms with E-state index in [0.29, 0.717) is 36.9 Å². The number of hydrogen-bond donors (Lipinski definition) is 1. The molecule has 0 aliphatic heterocycles. The molecular formula is C22H27FN2O2S. The third-order valence-electron chi connectivity index (χ3n) is 5.24. The van der Waals surface area contributed by atoms with Gasteiger partial charge in [0.2, 0.25) is 5.91 Å². The van der Waals surface area contributed by atoms with E-state index in [1.54, 1.807) is 18.2 Å². The fraction of sp³-hybridized carbons (Fsp3) is 0.455. The van der Waals surface area contributed by atoms with Crippen molar-refractivity contribution in [2.45, 2.75) is 51.0 Å². The summed E-state index contributed by atoms with van der Waals surface area (Å²) in [6.07, 6.45) is 6.26. The lowest BCUT2D eigenvalue weighted by molar-refractivity contribution is -0.133. The van der Waals surface area contributed by atoms with Gasteiger partial charge in [-0.05, 0) is 54.8 Å². The topological polar surface area (TPSA) is 49.4 Å². The Bertz CT molecular complexity index is 755. The zero-order chi connectivity index (χ0) is 19.8. The first-order valence-electron chi connectivity index (χ1n) is 9.99. The van der Waals surface area contributed by atoms with Crippen LogP contribution >= 0.6 is 11.3 Å². The molecule has 1 fully saturated rings. The van der Waals surface area contributed by atoms with Crippen LogP contribution in [0.3, 0.4) is 0 Å². The van der Waals surface area contributed by atoms with E-state index in [4.69, 9.17) is 0 Å². The van der Waals surface area contributed by atoms with Crippen molar-refractivity contribution in [3.8, 4) is 0 Å². The number of nitrogens with zero attached hydrogens (tertiary/aromatic N) is 1. The average Bonchev–Trinajstić information content (AvgIpc) is 3.41. The summed E-state index contributed by atoms with van der Waals surface area (Å²) < 4.78 is 13.1. The summed E-state index contributed by atoms with van der Waals surface area (Å²) in [7, 11) is 0. The SMILES string of the molecule is O=C(NCCCC(=O)N(CCc1ccc(F)cc1)C1CCCC1)c1cccs1. The molecule has 0 radical (unpaired) electrons. The normalized spacial score (nSPS) is 14.2. The lowest BCUT2D eigenvalue weighted by Gasteiger charge is -2.29. The second-order valence-corrected chi connectivity index (χ2v) is 8.19. The van der Waals surface area contributed by atoms with E-state index in [9.17, 15) is 14.0 Å². The number of halogens is 1. The first-order chi connectivity index (χ1) is 13.6. The van der Waals surface area contributed by atoms with Gasteiger partial charge in [0.1, 0.15) is 5.82 Å². The first-order valence-corrected chi connectivity index (χ1v) is 10.9. The van der Waals surface area contributed by atoms with Crippen molar-refractivity contribution < 1.29 is 14.0 Å². The highest BCUT2D eigenvalue weighted by molar-refractivity contribution is 7.12.